The standard InChI is InChI=1S/C18H32BNO2.ClH/c1-17(2)13-10-14(17)18(3)15(11-13)21-19(22-18)16(20)9-12-7-5-4-6-8-12;/h12-16H,4-11,20H2,1-3H3;1H/t13-,14-,15+,16+,18-;/m0./s1. The molecule has 5 fully saturated rings. The average Bonchev–Trinajstić information content (AvgIpc) is 2.85. The molecule has 0 aromatic heterocycles. The van der Waals surface area contributed by atoms with Crippen molar-refractivity contribution in [1.82, 2.24) is 0 Å². The SMILES string of the molecule is CC1(C)[C@@H]2C[C@H]3OB([C@H](N)CC4CCCCC4)O[C@@]3(C)[C@H]1C2.Cl. The predicted molar refractivity (Wildman–Crippen MR) is 96.5 cm³/mol. The van der Waals surface area contributed by atoms with Crippen LogP contribution in [-0.4, -0.2) is 24.8 Å². The molecule has 0 radical (unpaired) electrons. The molecular formula is C18H33BClNO2. The lowest BCUT2D eigenvalue weighted by Crippen LogP contribution is -2.65. The van der Waals surface area contributed by atoms with Crippen molar-refractivity contribution in [3.63, 3.8) is 0 Å². The maximum absolute atomic E-state index is 6.50. The zero-order valence-corrected chi connectivity index (χ0v) is 15.7. The lowest BCUT2D eigenvalue weighted by atomic mass is 9.43. The minimum Gasteiger partial charge on any atom is -0.404 e. The van der Waals surface area contributed by atoms with Crippen LogP contribution in [0.15, 0.2) is 0 Å². The molecule has 2 bridgehead atoms. The Morgan fingerprint density at radius 3 is 2.48 bits per heavy atom. The first kappa shape index (κ1) is 18.0. The third-order valence-electron chi connectivity index (χ3n) is 7.65. The number of hydrogen-bond donors (Lipinski definition) is 1. The number of rotatable bonds is 3. The Hall–Kier alpha value is 0.235. The molecule has 1 heterocycles. The van der Waals surface area contributed by atoms with Crippen molar-refractivity contribution in [1.29, 1.82) is 0 Å². The minimum atomic E-state index is -0.174. The van der Waals surface area contributed by atoms with Gasteiger partial charge in [-0.1, -0.05) is 46.0 Å². The second-order valence-corrected chi connectivity index (χ2v) is 9.24. The van der Waals surface area contributed by atoms with Gasteiger partial charge in [-0.15, -0.1) is 12.4 Å². The Bertz CT molecular complexity index is 443. The maximum atomic E-state index is 6.50. The lowest BCUT2D eigenvalue weighted by Gasteiger charge is -2.64. The van der Waals surface area contributed by atoms with Crippen LogP contribution in [0.4, 0.5) is 0 Å². The smallest absolute Gasteiger partial charge is 0.404 e. The fraction of sp³-hybridized carbons (Fsp3) is 1.00. The Balaban J connectivity index is 0.00000156. The molecule has 2 N–H and O–H groups in total. The summed E-state index contributed by atoms with van der Waals surface area (Å²) >= 11 is 0. The molecule has 1 aliphatic heterocycles. The van der Waals surface area contributed by atoms with E-state index in [1.165, 1.54) is 38.5 Å². The van der Waals surface area contributed by atoms with Gasteiger partial charge in [0.25, 0.3) is 0 Å². The van der Waals surface area contributed by atoms with E-state index in [0.717, 1.165) is 24.7 Å². The first-order valence-electron chi connectivity index (χ1n) is 9.50. The van der Waals surface area contributed by atoms with Crippen LogP contribution in [0.3, 0.4) is 0 Å². The van der Waals surface area contributed by atoms with E-state index in [1.807, 2.05) is 0 Å². The Morgan fingerprint density at radius 1 is 1.13 bits per heavy atom. The molecule has 132 valence electrons. The number of hydrogen-bond acceptors (Lipinski definition) is 3. The van der Waals surface area contributed by atoms with Gasteiger partial charge >= 0.3 is 7.12 Å². The summed E-state index contributed by atoms with van der Waals surface area (Å²) in [5, 5.41) is 0. The molecule has 0 unspecified atom stereocenters. The van der Waals surface area contributed by atoms with Gasteiger partial charge in [-0.05, 0) is 49.4 Å². The maximum Gasteiger partial charge on any atom is 0.475 e. The molecular weight excluding hydrogens is 308 g/mol. The van der Waals surface area contributed by atoms with Crippen LogP contribution < -0.4 is 5.73 Å². The molecule has 5 atom stereocenters. The molecule has 1 saturated heterocycles. The van der Waals surface area contributed by atoms with Crippen LogP contribution in [0.5, 0.6) is 0 Å². The van der Waals surface area contributed by atoms with E-state index in [-0.39, 0.29) is 37.2 Å². The van der Waals surface area contributed by atoms with Gasteiger partial charge in [0.15, 0.2) is 0 Å². The highest BCUT2D eigenvalue weighted by Gasteiger charge is 2.68. The first-order valence-corrected chi connectivity index (χ1v) is 9.50. The summed E-state index contributed by atoms with van der Waals surface area (Å²) in [5.41, 5.74) is 6.81. The highest BCUT2D eigenvalue weighted by Crippen LogP contribution is 2.65. The molecule has 5 rings (SSSR count). The fourth-order valence-electron chi connectivity index (χ4n) is 6.00. The van der Waals surface area contributed by atoms with E-state index in [0.29, 0.717) is 11.3 Å². The number of nitrogens with two attached hydrogens (primary N) is 1. The van der Waals surface area contributed by atoms with Crippen LogP contribution in [0.2, 0.25) is 0 Å². The minimum absolute atomic E-state index is 0. The van der Waals surface area contributed by atoms with Crippen molar-refractivity contribution < 1.29 is 9.31 Å². The topological polar surface area (TPSA) is 44.5 Å². The predicted octanol–water partition coefficient (Wildman–Crippen LogP) is 3.97. The quantitative estimate of drug-likeness (QED) is 0.790. The Kier molecular flexibility index (Phi) is 4.86. The Labute approximate surface area is 148 Å². The Morgan fingerprint density at radius 2 is 1.83 bits per heavy atom. The van der Waals surface area contributed by atoms with Crippen molar-refractivity contribution >= 4 is 19.5 Å². The largest absolute Gasteiger partial charge is 0.475 e. The van der Waals surface area contributed by atoms with E-state index in [9.17, 15) is 0 Å². The van der Waals surface area contributed by atoms with Crippen LogP contribution in [-0.2, 0) is 9.31 Å². The molecule has 4 aliphatic carbocycles. The van der Waals surface area contributed by atoms with E-state index < -0.39 is 0 Å². The van der Waals surface area contributed by atoms with Crippen molar-refractivity contribution in [2.45, 2.75) is 89.8 Å². The van der Waals surface area contributed by atoms with Crippen molar-refractivity contribution in [2.75, 3.05) is 0 Å². The molecule has 0 aromatic rings. The molecule has 3 nitrogen and oxygen atoms in total. The highest BCUT2D eigenvalue weighted by atomic mass is 35.5. The molecule has 0 spiro atoms. The van der Waals surface area contributed by atoms with Crippen LogP contribution in [0.25, 0.3) is 0 Å². The lowest BCUT2D eigenvalue weighted by molar-refractivity contribution is -0.199. The molecule has 5 heteroatoms. The van der Waals surface area contributed by atoms with Crippen LogP contribution in [0, 0.1) is 23.2 Å². The van der Waals surface area contributed by atoms with Gasteiger partial charge in [0.05, 0.1) is 11.7 Å². The van der Waals surface area contributed by atoms with Gasteiger partial charge in [-0.2, -0.15) is 0 Å². The first-order chi connectivity index (χ1) is 10.4. The van der Waals surface area contributed by atoms with E-state index in [4.69, 9.17) is 15.0 Å². The van der Waals surface area contributed by atoms with Gasteiger partial charge in [0.2, 0.25) is 0 Å². The van der Waals surface area contributed by atoms with Gasteiger partial charge in [0, 0.05) is 5.94 Å². The normalized spacial score (nSPS) is 43.3. The number of halogens is 1. The summed E-state index contributed by atoms with van der Waals surface area (Å²) in [4.78, 5) is 0. The second kappa shape index (κ2) is 6.19. The average molecular weight is 342 g/mol. The third-order valence-corrected chi connectivity index (χ3v) is 7.65. The molecule has 5 aliphatic rings. The monoisotopic (exact) mass is 341 g/mol. The van der Waals surface area contributed by atoms with Gasteiger partial charge < -0.3 is 15.0 Å². The summed E-state index contributed by atoms with van der Waals surface area (Å²) in [6.07, 6.45) is 10.7. The van der Waals surface area contributed by atoms with Crippen LogP contribution in [0.1, 0.15) is 72.1 Å². The van der Waals surface area contributed by atoms with E-state index in [2.05, 4.69) is 20.8 Å². The molecule has 0 aromatic carbocycles. The van der Waals surface area contributed by atoms with Crippen molar-refractivity contribution in [3.8, 4) is 0 Å². The van der Waals surface area contributed by atoms with E-state index >= 15 is 0 Å². The summed E-state index contributed by atoms with van der Waals surface area (Å²) < 4.78 is 12.8. The molecule has 23 heavy (non-hydrogen) atoms. The third kappa shape index (κ3) is 2.78. The van der Waals surface area contributed by atoms with Gasteiger partial charge in [-0.3, -0.25) is 0 Å². The zero-order chi connectivity index (χ0) is 15.5. The fourth-order valence-corrected chi connectivity index (χ4v) is 6.00. The highest BCUT2D eigenvalue weighted by molar-refractivity contribution is 6.47. The summed E-state index contributed by atoms with van der Waals surface area (Å²) in [7, 11) is -0.174. The van der Waals surface area contributed by atoms with Crippen LogP contribution >= 0.6 is 12.4 Å². The molecule has 0 amide bonds. The van der Waals surface area contributed by atoms with Crippen molar-refractivity contribution in [2.24, 2.45) is 28.9 Å². The summed E-state index contributed by atoms with van der Waals surface area (Å²) in [6.45, 7) is 7.10. The van der Waals surface area contributed by atoms with E-state index in [1.54, 1.807) is 0 Å². The van der Waals surface area contributed by atoms with Gasteiger partial charge in [-0.25, -0.2) is 0 Å². The second-order valence-electron chi connectivity index (χ2n) is 9.24. The van der Waals surface area contributed by atoms with Crippen molar-refractivity contribution in [3.05, 3.63) is 0 Å². The molecule has 4 saturated carbocycles. The van der Waals surface area contributed by atoms with Gasteiger partial charge in [0.1, 0.15) is 0 Å². The zero-order valence-electron chi connectivity index (χ0n) is 14.9. The summed E-state index contributed by atoms with van der Waals surface area (Å²) in [6, 6.07) is 0. The summed E-state index contributed by atoms with van der Waals surface area (Å²) in [5.74, 6) is 2.28.